The number of rotatable bonds is 5. The van der Waals surface area contributed by atoms with Crippen molar-refractivity contribution >= 4 is 37.9 Å². The Kier molecular flexibility index (Phi) is 9.16. The Labute approximate surface area is 166 Å². The summed E-state index contributed by atoms with van der Waals surface area (Å²) in [4.78, 5) is 20.4. The van der Waals surface area contributed by atoms with E-state index < -0.39 is 22.0 Å². The highest BCUT2D eigenvalue weighted by molar-refractivity contribution is 9.10. The van der Waals surface area contributed by atoms with Crippen molar-refractivity contribution in [2.24, 2.45) is 0 Å². The molecule has 9 nitrogen and oxygen atoms in total. The Morgan fingerprint density at radius 1 is 1.11 bits per heavy atom. The van der Waals surface area contributed by atoms with Crippen molar-refractivity contribution in [1.82, 2.24) is 9.21 Å². The molecule has 1 aliphatic rings. The predicted octanol–water partition coefficient (Wildman–Crippen LogP) is 1.17. The molecule has 0 spiro atoms. The summed E-state index contributed by atoms with van der Waals surface area (Å²) in [5, 5.41) is 24.6. The third kappa shape index (κ3) is 7.83. The van der Waals surface area contributed by atoms with E-state index in [4.69, 9.17) is 19.8 Å². The number of halogens is 1. The minimum Gasteiger partial charge on any atom is -0.508 e. The van der Waals surface area contributed by atoms with Crippen LogP contribution in [0.25, 0.3) is 0 Å². The summed E-state index contributed by atoms with van der Waals surface area (Å²) in [6.07, 6.45) is 0.647. The van der Waals surface area contributed by atoms with Crippen LogP contribution in [0.4, 0.5) is 0 Å². The fourth-order valence-corrected chi connectivity index (χ4v) is 4.38. The van der Waals surface area contributed by atoms with Crippen LogP contribution in [-0.4, -0.2) is 76.8 Å². The highest BCUT2D eigenvalue weighted by atomic mass is 79.9. The van der Waals surface area contributed by atoms with Gasteiger partial charge in [0.05, 0.1) is 5.75 Å². The van der Waals surface area contributed by atoms with Crippen molar-refractivity contribution in [2.75, 3.05) is 31.9 Å². The van der Waals surface area contributed by atoms with Gasteiger partial charge >= 0.3 is 11.9 Å². The van der Waals surface area contributed by atoms with E-state index in [2.05, 4.69) is 20.8 Å². The van der Waals surface area contributed by atoms with E-state index in [-0.39, 0.29) is 11.5 Å². The molecule has 2 rings (SSSR count). The van der Waals surface area contributed by atoms with Crippen molar-refractivity contribution in [3.63, 3.8) is 0 Å². The van der Waals surface area contributed by atoms with Crippen molar-refractivity contribution in [3.8, 4) is 5.75 Å². The number of hydrogen-bond acceptors (Lipinski definition) is 6. The maximum absolute atomic E-state index is 12.0. The van der Waals surface area contributed by atoms with Crippen LogP contribution in [0.3, 0.4) is 0 Å². The van der Waals surface area contributed by atoms with Crippen LogP contribution in [0.5, 0.6) is 5.75 Å². The van der Waals surface area contributed by atoms with Gasteiger partial charge in [-0.1, -0.05) is 22.9 Å². The molecule has 0 radical (unpaired) electrons. The third-order valence-corrected chi connectivity index (χ3v) is 6.37. The number of phenolic OH excluding ortho intramolecular Hbond substituents is 1. The number of phenols is 1. The highest BCUT2D eigenvalue weighted by Gasteiger charge is 2.26. The SMILES string of the molecule is CCCS(=O)(=O)N1CCN(Cc2cc(Br)ccc2O)CC1.O=C(O)C(=O)O. The van der Waals surface area contributed by atoms with Crippen LogP contribution in [0.15, 0.2) is 22.7 Å². The summed E-state index contributed by atoms with van der Waals surface area (Å²) < 4.78 is 26.5. The molecular weight excluding hydrogens is 444 g/mol. The van der Waals surface area contributed by atoms with Gasteiger partial charge in [0.1, 0.15) is 5.75 Å². The molecule has 1 aromatic rings. The highest BCUT2D eigenvalue weighted by Crippen LogP contribution is 2.24. The van der Waals surface area contributed by atoms with E-state index in [0.29, 0.717) is 39.1 Å². The van der Waals surface area contributed by atoms with Gasteiger partial charge in [0, 0.05) is 42.8 Å². The number of nitrogens with zero attached hydrogens (tertiary/aromatic N) is 2. The molecule has 0 saturated carbocycles. The Bertz CT molecular complexity index is 750. The molecular formula is C16H23BrN2O7S. The van der Waals surface area contributed by atoms with Crippen molar-refractivity contribution in [1.29, 1.82) is 0 Å². The van der Waals surface area contributed by atoms with Gasteiger partial charge in [0.25, 0.3) is 0 Å². The molecule has 0 amide bonds. The first kappa shape index (κ1) is 23.3. The number of hydrogen-bond donors (Lipinski definition) is 3. The standard InChI is InChI=1S/C14H21BrN2O3S.C2H2O4/c1-2-9-21(19,20)17-7-5-16(6-8-17)11-12-10-13(15)3-4-14(12)18;3-1(4)2(5)6/h3-4,10,18H,2,5-9,11H2,1H3;(H,3,4)(H,5,6). The molecule has 27 heavy (non-hydrogen) atoms. The monoisotopic (exact) mass is 466 g/mol. The van der Waals surface area contributed by atoms with Gasteiger partial charge in [-0.25, -0.2) is 18.0 Å². The number of carbonyl (C=O) groups is 2. The first-order chi connectivity index (χ1) is 12.6. The summed E-state index contributed by atoms with van der Waals surface area (Å²) in [6.45, 7) is 4.94. The molecule has 0 unspecified atom stereocenters. The molecule has 1 aromatic carbocycles. The summed E-state index contributed by atoms with van der Waals surface area (Å²) in [6, 6.07) is 5.37. The van der Waals surface area contributed by atoms with E-state index in [9.17, 15) is 13.5 Å². The summed E-state index contributed by atoms with van der Waals surface area (Å²) in [7, 11) is -3.09. The van der Waals surface area contributed by atoms with Gasteiger partial charge in [-0.05, 0) is 24.6 Å². The molecule has 0 aromatic heterocycles. The lowest BCUT2D eigenvalue weighted by Gasteiger charge is -2.34. The minimum absolute atomic E-state index is 0.222. The predicted molar refractivity (Wildman–Crippen MR) is 102 cm³/mol. The van der Waals surface area contributed by atoms with Crippen LogP contribution in [0, 0.1) is 0 Å². The average Bonchev–Trinajstić information content (AvgIpc) is 2.59. The zero-order valence-electron chi connectivity index (χ0n) is 14.8. The summed E-state index contributed by atoms with van der Waals surface area (Å²) in [5.41, 5.74) is 0.856. The van der Waals surface area contributed by atoms with Gasteiger partial charge in [0.15, 0.2) is 0 Å². The summed E-state index contributed by atoms with van der Waals surface area (Å²) >= 11 is 3.40. The molecule has 1 aliphatic heterocycles. The Balaban J connectivity index is 0.000000527. The minimum atomic E-state index is -3.09. The van der Waals surface area contributed by atoms with Crippen LogP contribution in [0.2, 0.25) is 0 Å². The molecule has 0 aliphatic carbocycles. The van der Waals surface area contributed by atoms with Gasteiger partial charge in [0.2, 0.25) is 10.0 Å². The maximum Gasteiger partial charge on any atom is 0.414 e. The first-order valence-corrected chi connectivity index (χ1v) is 10.6. The molecule has 1 saturated heterocycles. The Morgan fingerprint density at radius 3 is 2.15 bits per heavy atom. The smallest absolute Gasteiger partial charge is 0.414 e. The number of carboxylic acids is 2. The Morgan fingerprint density at radius 2 is 1.67 bits per heavy atom. The number of aromatic hydroxyl groups is 1. The lowest BCUT2D eigenvalue weighted by molar-refractivity contribution is -0.159. The van der Waals surface area contributed by atoms with Crippen LogP contribution < -0.4 is 0 Å². The van der Waals surface area contributed by atoms with Gasteiger partial charge < -0.3 is 15.3 Å². The number of piperazine rings is 1. The maximum atomic E-state index is 12.0. The van der Waals surface area contributed by atoms with E-state index in [0.717, 1.165) is 10.0 Å². The zero-order chi connectivity index (χ0) is 20.6. The lowest BCUT2D eigenvalue weighted by Crippen LogP contribution is -2.48. The molecule has 152 valence electrons. The van der Waals surface area contributed by atoms with Crippen LogP contribution in [0.1, 0.15) is 18.9 Å². The number of benzene rings is 1. The van der Waals surface area contributed by atoms with E-state index in [1.807, 2.05) is 13.0 Å². The largest absolute Gasteiger partial charge is 0.508 e. The second kappa shape index (κ2) is 10.6. The van der Waals surface area contributed by atoms with Crippen LogP contribution >= 0.6 is 15.9 Å². The van der Waals surface area contributed by atoms with Crippen molar-refractivity contribution in [3.05, 3.63) is 28.2 Å². The second-order valence-corrected chi connectivity index (χ2v) is 8.88. The number of aliphatic carboxylic acids is 2. The number of sulfonamides is 1. The van der Waals surface area contributed by atoms with E-state index >= 15 is 0 Å². The summed E-state index contributed by atoms with van der Waals surface area (Å²) in [5.74, 6) is -3.15. The zero-order valence-corrected chi connectivity index (χ0v) is 17.2. The normalized spacial score (nSPS) is 15.6. The molecule has 1 fully saturated rings. The molecule has 1 heterocycles. The average molecular weight is 467 g/mol. The lowest BCUT2D eigenvalue weighted by atomic mass is 10.2. The van der Waals surface area contributed by atoms with Crippen molar-refractivity contribution < 1.29 is 33.3 Å². The van der Waals surface area contributed by atoms with Crippen molar-refractivity contribution in [2.45, 2.75) is 19.9 Å². The fraction of sp³-hybridized carbons (Fsp3) is 0.500. The first-order valence-electron chi connectivity index (χ1n) is 8.20. The topological polar surface area (TPSA) is 135 Å². The third-order valence-electron chi connectivity index (χ3n) is 3.81. The quantitative estimate of drug-likeness (QED) is 0.550. The molecule has 11 heteroatoms. The van der Waals surface area contributed by atoms with Crippen LogP contribution in [-0.2, 0) is 26.2 Å². The molecule has 0 atom stereocenters. The van der Waals surface area contributed by atoms with Gasteiger partial charge in [-0.3, -0.25) is 4.90 Å². The van der Waals surface area contributed by atoms with Gasteiger partial charge in [-0.15, -0.1) is 0 Å². The van der Waals surface area contributed by atoms with Gasteiger partial charge in [-0.2, -0.15) is 4.31 Å². The Hall–Kier alpha value is -1.69. The number of carboxylic acid groups (broad SMARTS) is 2. The van der Waals surface area contributed by atoms with E-state index in [1.54, 1.807) is 16.4 Å². The second-order valence-electron chi connectivity index (χ2n) is 5.87. The molecule has 3 N–H and O–H groups in total. The molecule has 0 bridgehead atoms. The van der Waals surface area contributed by atoms with E-state index in [1.165, 1.54) is 0 Å². The fourth-order valence-electron chi connectivity index (χ4n) is 2.47.